The average Bonchev–Trinajstić information content (AvgIpc) is 2.99. The number of aliphatic carboxylic acids is 1. The minimum absolute atomic E-state index is 0.122. The molecule has 8 heteroatoms. The molecule has 1 atom stereocenters. The molecular formula is C15H19NO6S. The zero-order valence-electron chi connectivity index (χ0n) is 13.0. The molecular weight excluding hydrogens is 322 g/mol. The van der Waals surface area contributed by atoms with E-state index in [1.165, 1.54) is 6.07 Å². The fourth-order valence-electron chi connectivity index (χ4n) is 3.33. The van der Waals surface area contributed by atoms with Crippen LogP contribution in [0.4, 0.5) is 5.69 Å². The van der Waals surface area contributed by atoms with Gasteiger partial charge in [0.1, 0.15) is 4.90 Å². The smallest absolute Gasteiger partial charge is 0.314 e. The van der Waals surface area contributed by atoms with Gasteiger partial charge in [-0.1, -0.05) is 18.9 Å². The van der Waals surface area contributed by atoms with Gasteiger partial charge in [-0.2, -0.15) is 0 Å². The summed E-state index contributed by atoms with van der Waals surface area (Å²) in [5.41, 5.74) is -1.57. The highest BCUT2D eigenvalue weighted by Gasteiger charge is 2.45. The second-order valence-electron chi connectivity index (χ2n) is 6.20. The molecule has 1 N–H and O–H groups in total. The number of carbonyl (C=O) groups is 1. The van der Waals surface area contributed by atoms with Crippen LogP contribution in [-0.2, 0) is 20.0 Å². The first-order valence-electron chi connectivity index (χ1n) is 7.31. The third-order valence-electron chi connectivity index (χ3n) is 4.77. The van der Waals surface area contributed by atoms with Crippen molar-refractivity contribution in [2.45, 2.75) is 42.9 Å². The Morgan fingerprint density at radius 3 is 2.35 bits per heavy atom. The molecule has 23 heavy (non-hydrogen) atoms. The highest BCUT2D eigenvalue weighted by molar-refractivity contribution is 7.90. The van der Waals surface area contributed by atoms with Crippen molar-refractivity contribution in [2.75, 3.05) is 6.26 Å². The lowest BCUT2D eigenvalue weighted by Crippen LogP contribution is -2.39. The van der Waals surface area contributed by atoms with Crippen molar-refractivity contribution in [3.05, 3.63) is 33.9 Å². The molecule has 7 nitrogen and oxygen atoms in total. The molecule has 1 aromatic carbocycles. The van der Waals surface area contributed by atoms with Gasteiger partial charge in [-0.05, 0) is 37.3 Å². The van der Waals surface area contributed by atoms with Crippen LogP contribution in [-0.4, -0.2) is 30.7 Å². The van der Waals surface area contributed by atoms with Crippen LogP contribution in [0.2, 0.25) is 0 Å². The van der Waals surface area contributed by atoms with E-state index in [0.717, 1.165) is 44.1 Å². The molecule has 126 valence electrons. The summed E-state index contributed by atoms with van der Waals surface area (Å²) in [5, 5.41) is 20.9. The van der Waals surface area contributed by atoms with Crippen LogP contribution in [0.3, 0.4) is 0 Å². The summed E-state index contributed by atoms with van der Waals surface area (Å²) < 4.78 is 23.4. The second-order valence-corrected chi connectivity index (χ2v) is 8.18. The topological polar surface area (TPSA) is 115 Å². The lowest BCUT2D eigenvalue weighted by Gasteiger charge is -2.31. The van der Waals surface area contributed by atoms with Crippen LogP contribution in [0.1, 0.15) is 38.2 Å². The number of nitro benzene ring substituents is 1. The number of nitro groups is 1. The van der Waals surface area contributed by atoms with Gasteiger partial charge in [-0.3, -0.25) is 14.9 Å². The summed E-state index contributed by atoms with van der Waals surface area (Å²) in [4.78, 5) is 21.9. The van der Waals surface area contributed by atoms with Crippen molar-refractivity contribution >= 4 is 21.5 Å². The van der Waals surface area contributed by atoms with Gasteiger partial charge in [0, 0.05) is 12.3 Å². The second kappa shape index (κ2) is 5.92. The molecule has 0 spiro atoms. The summed E-state index contributed by atoms with van der Waals surface area (Å²) in [7, 11) is -3.77. The van der Waals surface area contributed by atoms with Gasteiger partial charge in [0.2, 0.25) is 0 Å². The predicted molar refractivity (Wildman–Crippen MR) is 83.2 cm³/mol. The van der Waals surface area contributed by atoms with Crippen molar-refractivity contribution < 1.29 is 23.2 Å². The molecule has 0 radical (unpaired) electrons. The first-order valence-corrected chi connectivity index (χ1v) is 9.20. The Labute approximate surface area is 134 Å². The van der Waals surface area contributed by atoms with Crippen LogP contribution < -0.4 is 0 Å². The van der Waals surface area contributed by atoms with Gasteiger partial charge in [-0.15, -0.1) is 0 Å². The Balaban J connectivity index is 2.64. The molecule has 1 aliphatic carbocycles. The lowest BCUT2D eigenvalue weighted by atomic mass is 9.71. The molecule has 0 bridgehead atoms. The van der Waals surface area contributed by atoms with E-state index in [1.807, 2.05) is 0 Å². The van der Waals surface area contributed by atoms with Crippen molar-refractivity contribution in [1.29, 1.82) is 0 Å². The van der Waals surface area contributed by atoms with E-state index in [9.17, 15) is 28.4 Å². The Hall–Kier alpha value is -1.96. The number of hydrogen-bond acceptors (Lipinski definition) is 5. The Kier molecular flexibility index (Phi) is 4.48. The minimum Gasteiger partial charge on any atom is -0.481 e. The van der Waals surface area contributed by atoms with Crippen LogP contribution in [0.15, 0.2) is 23.1 Å². The molecule has 0 aromatic heterocycles. The molecule has 0 heterocycles. The van der Waals surface area contributed by atoms with Gasteiger partial charge in [-0.25, -0.2) is 8.42 Å². The van der Waals surface area contributed by atoms with E-state index in [2.05, 4.69) is 0 Å². The zero-order chi connectivity index (χ0) is 17.4. The largest absolute Gasteiger partial charge is 0.481 e. The van der Waals surface area contributed by atoms with Gasteiger partial charge >= 0.3 is 5.97 Å². The lowest BCUT2D eigenvalue weighted by molar-refractivity contribution is -0.387. The summed E-state index contributed by atoms with van der Waals surface area (Å²) >= 11 is 0. The first-order chi connectivity index (χ1) is 10.6. The highest BCUT2D eigenvalue weighted by atomic mass is 32.2. The van der Waals surface area contributed by atoms with Crippen LogP contribution >= 0.6 is 0 Å². The predicted octanol–water partition coefficient (Wildman–Crippen LogP) is 2.53. The Morgan fingerprint density at radius 2 is 1.91 bits per heavy atom. The molecule has 1 saturated carbocycles. The van der Waals surface area contributed by atoms with Crippen molar-refractivity contribution in [1.82, 2.24) is 0 Å². The number of benzene rings is 1. The van der Waals surface area contributed by atoms with E-state index >= 15 is 0 Å². The van der Waals surface area contributed by atoms with E-state index in [-0.39, 0.29) is 11.5 Å². The normalized spacial score (nSPS) is 18.5. The van der Waals surface area contributed by atoms with Crippen LogP contribution in [0, 0.1) is 16.0 Å². The molecule has 1 unspecified atom stereocenters. The van der Waals surface area contributed by atoms with E-state index < -0.39 is 36.7 Å². The third kappa shape index (κ3) is 3.08. The maximum absolute atomic E-state index is 11.9. The summed E-state index contributed by atoms with van der Waals surface area (Å²) in [6, 6.07) is 3.62. The van der Waals surface area contributed by atoms with E-state index in [1.54, 1.807) is 6.92 Å². The van der Waals surface area contributed by atoms with Gasteiger partial charge in [0.25, 0.3) is 5.69 Å². The summed E-state index contributed by atoms with van der Waals surface area (Å²) in [6.45, 7) is 1.56. The summed E-state index contributed by atoms with van der Waals surface area (Å²) in [5.74, 6) is -1.17. The quantitative estimate of drug-likeness (QED) is 0.650. The summed E-state index contributed by atoms with van der Waals surface area (Å²) in [6.07, 6.45) is 4.23. The number of hydrogen-bond donors (Lipinski definition) is 1. The van der Waals surface area contributed by atoms with Crippen molar-refractivity contribution in [3.63, 3.8) is 0 Å². The maximum Gasteiger partial charge on any atom is 0.314 e. The molecule has 1 aliphatic rings. The monoisotopic (exact) mass is 341 g/mol. The molecule has 1 fully saturated rings. The number of carboxylic acids is 1. The molecule has 0 aliphatic heterocycles. The van der Waals surface area contributed by atoms with Gasteiger partial charge in [0.05, 0.1) is 10.3 Å². The SMILES string of the molecule is CC(C(=O)O)(c1ccc(S(C)(=O)=O)c([N+](=O)[O-])c1)C1CCCC1. The fraction of sp³-hybridized carbons (Fsp3) is 0.533. The van der Waals surface area contributed by atoms with Gasteiger partial charge in [0.15, 0.2) is 9.84 Å². The number of carboxylic acid groups (broad SMARTS) is 1. The fourth-order valence-corrected chi connectivity index (χ4v) is 4.16. The van der Waals surface area contributed by atoms with Crippen LogP contribution in [0.25, 0.3) is 0 Å². The number of nitrogens with zero attached hydrogens (tertiary/aromatic N) is 1. The first kappa shape index (κ1) is 17.4. The van der Waals surface area contributed by atoms with Crippen molar-refractivity contribution in [3.8, 4) is 0 Å². The third-order valence-corrected chi connectivity index (χ3v) is 5.91. The molecule has 2 rings (SSSR count). The van der Waals surface area contributed by atoms with E-state index in [0.29, 0.717) is 0 Å². The maximum atomic E-state index is 11.9. The van der Waals surface area contributed by atoms with Crippen LogP contribution in [0.5, 0.6) is 0 Å². The molecule has 0 saturated heterocycles. The standard InChI is InChI=1S/C15H19NO6S/c1-15(14(17)18,10-5-3-4-6-10)11-7-8-13(23(2,21)22)12(9-11)16(19)20/h7-10H,3-6H2,1-2H3,(H,17,18). The minimum atomic E-state index is -3.77. The highest BCUT2D eigenvalue weighted by Crippen LogP contribution is 2.43. The Morgan fingerprint density at radius 1 is 1.35 bits per heavy atom. The average molecular weight is 341 g/mol. The Bertz CT molecular complexity index is 751. The molecule has 0 amide bonds. The van der Waals surface area contributed by atoms with Crippen molar-refractivity contribution in [2.24, 2.45) is 5.92 Å². The number of sulfone groups is 1. The van der Waals surface area contributed by atoms with Gasteiger partial charge < -0.3 is 5.11 Å². The molecule has 1 aromatic rings. The van der Waals surface area contributed by atoms with E-state index in [4.69, 9.17) is 0 Å². The zero-order valence-corrected chi connectivity index (χ0v) is 13.8. The number of rotatable bonds is 5.